The van der Waals surface area contributed by atoms with E-state index < -0.39 is 18.0 Å². The van der Waals surface area contributed by atoms with Gasteiger partial charge in [0.1, 0.15) is 6.61 Å². The predicted octanol–water partition coefficient (Wildman–Crippen LogP) is 1.55. The molecule has 0 radical (unpaired) electrons. The Balaban J connectivity index is 1.84. The van der Waals surface area contributed by atoms with E-state index in [9.17, 15) is 14.0 Å². The molecule has 17 heavy (non-hydrogen) atoms. The lowest BCUT2D eigenvalue weighted by Gasteiger charge is -2.14. The Morgan fingerprint density at radius 1 is 1.41 bits per heavy atom. The van der Waals surface area contributed by atoms with Gasteiger partial charge in [0.2, 0.25) is 0 Å². The van der Waals surface area contributed by atoms with Crippen LogP contribution in [0, 0.1) is 0 Å². The third-order valence-corrected chi connectivity index (χ3v) is 2.54. The van der Waals surface area contributed by atoms with Gasteiger partial charge < -0.3 is 4.74 Å². The summed E-state index contributed by atoms with van der Waals surface area (Å²) < 4.78 is 17.9. The van der Waals surface area contributed by atoms with E-state index in [1.54, 1.807) is 0 Å². The molecule has 1 atom stereocenters. The van der Waals surface area contributed by atoms with Crippen molar-refractivity contribution in [3.05, 3.63) is 35.9 Å². The summed E-state index contributed by atoms with van der Waals surface area (Å²) in [5.74, 6) is -0.568. The number of carbonyl (C=O) groups excluding carboxylic acids is 2. The topological polar surface area (TPSA) is 46.6 Å². The fourth-order valence-corrected chi connectivity index (χ4v) is 1.60. The first-order chi connectivity index (χ1) is 8.16. The summed E-state index contributed by atoms with van der Waals surface area (Å²) in [6, 6.07) is 9.17. The third kappa shape index (κ3) is 2.81. The Kier molecular flexibility index (Phi) is 3.37. The standard InChI is InChI=1S/C12H12FNO3/c13-10-6-14(7-11(10)15)12(16)17-8-9-4-2-1-3-5-9/h1-5,10H,6-8H2. The van der Waals surface area contributed by atoms with E-state index in [1.807, 2.05) is 30.3 Å². The number of rotatable bonds is 2. The third-order valence-electron chi connectivity index (χ3n) is 2.54. The average Bonchev–Trinajstić information content (AvgIpc) is 2.68. The second-order valence-electron chi connectivity index (χ2n) is 3.85. The van der Waals surface area contributed by atoms with Crippen molar-refractivity contribution in [3.8, 4) is 0 Å². The van der Waals surface area contributed by atoms with Crippen LogP contribution in [-0.2, 0) is 16.1 Å². The van der Waals surface area contributed by atoms with Crippen LogP contribution < -0.4 is 0 Å². The Bertz CT molecular complexity index is 421. The summed E-state index contributed by atoms with van der Waals surface area (Å²) in [5.41, 5.74) is 0.850. The van der Waals surface area contributed by atoms with Crippen molar-refractivity contribution in [2.45, 2.75) is 12.8 Å². The molecule has 1 aliphatic heterocycles. The molecule has 1 amide bonds. The molecule has 1 saturated heterocycles. The van der Waals surface area contributed by atoms with E-state index in [0.717, 1.165) is 10.5 Å². The van der Waals surface area contributed by atoms with Crippen LogP contribution in [0.2, 0.25) is 0 Å². The highest BCUT2D eigenvalue weighted by Crippen LogP contribution is 2.11. The zero-order valence-corrected chi connectivity index (χ0v) is 9.14. The maximum Gasteiger partial charge on any atom is 0.410 e. The van der Waals surface area contributed by atoms with Gasteiger partial charge in [0, 0.05) is 0 Å². The molecular weight excluding hydrogens is 225 g/mol. The molecule has 2 rings (SSSR count). The Morgan fingerprint density at radius 2 is 2.12 bits per heavy atom. The lowest BCUT2D eigenvalue weighted by molar-refractivity contribution is -0.120. The van der Waals surface area contributed by atoms with E-state index in [0.29, 0.717) is 0 Å². The summed E-state index contributed by atoms with van der Waals surface area (Å²) in [5, 5.41) is 0. The van der Waals surface area contributed by atoms with Gasteiger partial charge in [-0.15, -0.1) is 0 Å². The number of benzene rings is 1. The number of hydrogen-bond acceptors (Lipinski definition) is 3. The molecule has 1 fully saturated rings. The molecule has 4 nitrogen and oxygen atoms in total. The summed E-state index contributed by atoms with van der Waals surface area (Å²) in [6.45, 7) is -0.275. The fourth-order valence-electron chi connectivity index (χ4n) is 1.60. The molecule has 5 heteroatoms. The number of alkyl halides is 1. The van der Waals surface area contributed by atoms with Gasteiger partial charge in [0.05, 0.1) is 13.1 Å². The van der Waals surface area contributed by atoms with Crippen LogP contribution in [-0.4, -0.2) is 36.0 Å². The first kappa shape index (κ1) is 11.6. The van der Waals surface area contributed by atoms with Crippen LogP contribution in [0.25, 0.3) is 0 Å². The largest absolute Gasteiger partial charge is 0.445 e. The van der Waals surface area contributed by atoms with Gasteiger partial charge in [-0.25, -0.2) is 9.18 Å². The number of likely N-dealkylation sites (tertiary alicyclic amines) is 1. The van der Waals surface area contributed by atoms with Crippen LogP contribution in [0.15, 0.2) is 30.3 Å². The smallest absolute Gasteiger partial charge is 0.410 e. The van der Waals surface area contributed by atoms with E-state index >= 15 is 0 Å². The van der Waals surface area contributed by atoms with Gasteiger partial charge in [0.25, 0.3) is 0 Å². The average molecular weight is 237 g/mol. The van der Waals surface area contributed by atoms with Crippen molar-refractivity contribution in [2.75, 3.05) is 13.1 Å². The summed E-state index contributed by atoms with van der Waals surface area (Å²) >= 11 is 0. The fraction of sp³-hybridized carbons (Fsp3) is 0.333. The highest BCUT2D eigenvalue weighted by Gasteiger charge is 2.34. The Labute approximate surface area is 98.0 Å². The maximum absolute atomic E-state index is 12.9. The van der Waals surface area contributed by atoms with Gasteiger partial charge in [-0.2, -0.15) is 0 Å². The maximum atomic E-state index is 12.9. The monoisotopic (exact) mass is 237 g/mol. The van der Waals surface area contributed by atoms with Gasteiger partial charge in [0.15, 0.2) is 12.0 Å². The first-order valence-corrected chi connectivity index (χ1v) is 5.29. The molecule has 0 saturated carbocycles. The molecular formula is C12H12FNO3. The molecule has 90 valence electrons. The van der Waals surface area contributed by atoms with Crippen molar-refractivity contribution in [2.24, 2.45) is 0 Å². The van der Waals surface area contributed by atoms with E-state index in [4.69, 9.17) is 4.74 Å². The quantitative estimate of drug-likeness (QED) is 0.784. The van der Waals surface area contributed by atoms with Crippen LogP contribution in [0.4, 0.5) is 9.18 Å². The lowest BCUT2D eigenvalue weighted by Crippen LogP contribution is -2.29. The molecule has 0 bridgehead atoms. The molecule has 1 unspecified atom stereocenters. The van der Waals surface area contributed by atoms with Crippen molar-refractivity contribution in [1.82, 2.24) is 4.90 Å². The highest BCUT2D eigenvalue weighted by atomic mass is 19.1. The second-order valence-corrected chi connectivity index (χ2v) is 3.85. The van der Waals surface area contributed by atoms with E-state index in [-0.39, 0.29) is 19.7 Å². The molecule has 0 aliphatic carbocycles. The number of Topliss-reactive ketones (excluding diaryl/α,β-unsaturated/α-hetero) is 1. The number of hydrogen-bond donors (Lipinski definition) is 0. The van der Waals surface area contributed by atoms with Gasteiger partial charge in [-0.1, -0.05) is 30.3 Å². The first-order valence-electron chi connectivity index (χ1n) is 5.29. The molecule has 1 aromatic rings. The summed E-state index contributed by atoms with van der Waals surface area (Å²) in [4.78, 5) is 23.5. The molecule has 0 N–H and O–H groups in total. The zero-order chi connectivity index (χ0) is 12.3. The minimum absolute atomic E-state index is 0.126. The van der Waals surface area contributed by atoms with E-state index in [1.165, 1.54) is 0 Å². The van der Waals surface area contributed by atoms with Crippen molar-refractivity contribution in [3.63, 3.8) is 0 Å². The van der Waals surface area contributed by atoms with Gasteiger partial charge in [-0.3, -0.25) is 9.69 Å². The van der Waals surface area contributed by atoms with Crippen molar-refractivity contribution >= 4 is 11.9 Å². The SMILES string of the molecule is O=C1CN(C(=O)OCc2ccccc2)CC1F. The molecule has 0 aromatic heterocycles. The normalized spacial score (nSPS) is 19.5. The molecule has 1 aliphatic rings. The number of amides is 1. The molecule has 1 heterocycles. The summed E-state index contributed by atoms with van der Waals surface area (Å²) in [6.07, 6.45) is -2.22. The summed E-state index contributed by atoms with van der Waals surface area (Å²) in [7, 11) is 0. The van der Waals surface area contributed by atoms with Crippen molar-refractivity contribution < 1.29 is 18.7 Å². The number of halogens is 1. The number of ketones is 1. The van der Waals surface area contributed by atoms with Crippen LogP contribution in [0.5, 0.6) is 0 Å². The minimum atomic E-state index is -1.57. The van der Waals surface area contributed by atoms with Crippen LogP contribution in [0.1, 0.15) is 5.56 Å². The van der Waals surface area contributed by atoms with Crippen LogP contribution in [0.3, 0.4) is 0 Å². The molecule has 1 aromatic carbocycles. The second kappa shape index (κ2) is 4.95. The van der Waals surface area contributed by atoms with Crippen molar-refractivity contribution in [1.29, 1.82) is 0 Å². The van der Waals surface area contributed by atoms with Crippen LogP contribution >= 0.6 is 0 Å². The highest BCUT2D eigenvalue weighted by molar-refractivity contribution is 5.91. The zero-order valence-electron chi connectivity index (χ0n) is 9.14. The van der Waals surface area contributed by atoms with E-state index in [2.05, 4.69) is 0 Å². The molecule has 0 spiro atoms. The van der Waals surface area contributed by atoms with Gasteiger partial charge in [-0.05, 0) is 5.56 Å². The lowest BCUT2D eigenvalue weighted by atomic mass is 10.2. The Morgan fingerprint density at radius 3 is 2.71 bits per heavy atom. The Hall–Kier alpha value is -1.91. The number of carbonyl (C=O) groups is 2. The number of nitrogens with zero attached hydrogens (tertiary/aromatic N) is 1. The number of ether oxygens (including phenoxy) is 1. The van der Waals surface area contributed by atoms with Gasteiger partial charge >= 0.3 is 6.09 Å². The minimum Gasteiger partial charge on any atom is -0.445 e. The predicted molar refractivity (Wildman–Crippen MR) is 58.1 cm³/mol.